The van der Waals surface area contributed by atoms with Crippen molar-refractivity contribution in [1.29, 1.82) is 0 Å². The molecule has 8 nitrogen and oxygen atoms in total. The maximum atomic E-state index is 11.7. The molecule has 114 valence electrons. The first-order valence-corrected chi connectivity index (χ1v) is 7.35. The Bertz CT molecular complexity index is 696. The van der Waals surface area contributed by atoms with E-state index in [9.17, 15) is 14.9 Å². The number of hydrogen-bond donors (Lipinski definition) is 2. The second-order valence-electron chi connectivity index (χ2n) is 4.07. The van der Waals surface area contributed by atoms with Crippen molar-refractivity contribution < 1.29 is 9.72 Å². The summed E-state index contributed by atoms with van der Waals surface area (Å²) in [6.45, 7) is 1.98. The summed E-state index contributed by atoms with van der Waals surface area (Å²) < 4.78 is 0. The maximum Gasteiger partial charge on any atom is 0.269 e. The first-order chi connectivity index (χ1) is 10.6. The molecule has 0 bridgehead atoms. The lowest BCUT2D eigenvalue weighted by Gasteiger charge is -1.96. The molecule has 9 heteroatoms. The number of aromatic amines is 1. The molecule has 1 aromatic heterocycles. The number of aromatic nitrogens is 3. The molecule has 0 fully saturated rings. The van der Waals surface area contributed by atoms with Crippen LogP contribution in [0.2, 0.25) is 0 Å². The molecule has 1 aromatic carbocycles. The molecule has 2 aromatic rings. The van der Waals surface area contributed by atoms with Crippen molar-refractivity contribution in [1.82, 2.24) is 15.2 Å². The van der Waals surface area contributed by atoms with Gasteiger partial charge in [0.05, 0.1) is 4.92 Å². The Morgan fingerprint density at radius 1 is 1.45 bits per heavy atom. The highest BCUT2D eigenvalue weighted by Gasteiger charge is 2.05. The monoisotopic (exact) mass is 319 g/mol. The second-order valence-corrected chi connectivity index (χ2v) is 5.30. The molecular formula is C13H13N5O3S. The molecular weight excluding hydrogens is 306 g/mol. The minimum atomic E-state index is -0.476. The van der Waals surface area contributed by atoms with Gasteiger partial charge in [-0.3, -0.25) is 20.2 Å². The van der Waals surface area contributed by atoms with Crippen LogP contribution < -0.4 is 5.32 Å². The van der Waals surface area contributed by atoms with E-state index in [4.69, 9.17) is 0 Å². The minimum Gasteiger partial charge on any atom is -0.291 e. The normalized spacial score (nSPS) is 10.8. The molecule has 0 aliphatic carbocycles. The van der Waals surface area contributed by atoms with Gasteiger partial charge in [-0.2, -0.15) is 4.98 Å². The number of amides is 1. The summed E-state index contributed by atoms with van der Waals surface area (Å²) in [4.78, 5) is 25.9. The average Bonchev–Trinajstić information content (AvgIpc) is 2.93. The highest BCUT2D eigenvalue weighted by Crippen LogP contribution is 2.14. The lowest BCUT2D eigenvalue weighted by molar-refractivity contribution is -0.384. The van der Waals surface area contributed by atoms with Gasteiger partial charge in [-0.25, -0.2) is 5.10 Å². The van der Waals surface area contributed by atoms with E-state index in [0.717, 1.165) is 5.75 Å². The van der Waals surface area contributed by atoms with E-state index in [1.165, 1.54) is 30.0 Å². The van der Waals surface area contributed by atoms with Crippen LogP contribution >= 0.6 is 11.8 Å². The summed E-state index contributed by atoms with van der Waals surface area (Å²) in [7, 11) is 0. The van der Waals surface area contributed by atoms with E-state index in [0.29, 0.717) is 10.7 Å². The van der Waals surface area contributed by atoms with Crippen LogP contribution in [0.1, 0.15) is 12.5 Å². The number of thioether (sulfide) groups is 1. The van der Waals surface area contributed by atoms with Crippen LogP contribution in [0.25, 0.3) is 6.08 Å². The topological polar surface area (TPSA) is 114 Å². The Morgan fingerprint density at radius 3 is 2.82 bits per heavy atom. The number of rotatable bonds is 6. The van der Waals surface area contributed by atoms with Gasteiger partial charge in [0.1, 0.15) is 0 Å². The predicted molar refractivity (Wildman–Crippen MR) is 83.5 cm³/mol. The van der Waals surface area contributed by atoms with Crippen LogP contribution in [-0.4, -0.2) is 31.8 Å². The summed E-state index contributed by atoms with van der Waals surface area (Å²) in [5, 5.41) is 20.2. The summed E-state index contributed by atoms with van der Waals surface area (Å²) in [5.41, 5.74) is 0.685. The Hall–Kier alpha value is -2.68. The summed E-state index contributed by atoms with van der Waals surface area (Å²) in [6, 6.07) is 5.88. The number of carbonyl (C=O) groups is 1. The smallest absolute Gasteiger partial charge is 0.269 e. The summed E-state index contributed by atoms with van der Waals surface area (Å²) in [6.07, 6.45) is 2.87. The quantitative estimate of drug-likeness (QED) is 0.366. The molecule has 22 heavy (non-hydrogen) atoms. The van der Waals surface area contributed by atoms with Gasteiger partial charge < -0.3 is 0 Å². The van der Waals surface area contributed by atoms with Crippen LogP contribution in [-0.2, 0) is 4.79 Å². The Labute approximate surface area is 130 Å². The first-order valence-electron chi connectivity index (χ1n) is 6.37. The van der Waals surface area contributed by atoms with Gasteiger partial charge in [-0.1, -0.05) is 18.7 Å². The van der Waals surface area contributed by atoms with Crippen molar-refractivity contribution in [3.05, 3.63) is 46.0 Å². The fourth-order valence-electron chi connectivity index (χ4n) is 1.53. The Kier molecular flexibility index (Phi) is 5.26. The van der Waals surface area contributed by atoms with Gasteiger partial charge in [-0.05, 0) is 29.5 Å². The number of hydrogen-bond acceptors (Lipinski definition) is 6. The van der Waals surface area contributed by atoms with Crippen molar-refractivity contribution in [2.75, 3.05) is 11.1 Å². The highest BCUT2D eigenvalue weighted by molar-refractivity contribution is 7.99. The zero-order chi connectivity index (χ0) is 15.9. The minimum absolute atomic E-state index is 0.00390. The lowest BCUT2D eigenvalue weighted by atomic mass is 10.2. The van der Waals surface area contributed by atoms with Gasteiger partial charge in [-0.15, -0.1) is 5.10 Å². The van der Waals surface area contributed by atoms with Crippen LogP contribution in [0.4, 0.5) is 11.6 Å². The molecule has 2 N–H and O–H groups in total. The molecule has 0 aliphatic rings. The van der Waals surface area contributed by atoms with E-state index in [2.05, 4.69) is 20.5 Å². The summed E-state index contributed by atoms with van der Waals surface area (Å²) in [5.74, 6) is 0.738. The number of nitrogens with zero attached hydrogens (tertiary/aromatic N) is 3. The maximum absolute atomic E-state index is 11.7. The molecule has 0 radical (unpaired) electrons. The molecule has 0 spiro atoms. The SMILES string of the molecule is CCSc1n[nH]c(NC(=O)/C=C/c2ccc([N+](=O)[O-])cc2)n1. The number of nitrogens with one attached hydrogen (secondary N) is 2. The van der Waals surface area contributed by atoms with Crippen LogP contribution in [0, 0.1) is 10.1 Å². The van der Waals surface area contributed by atoms with Crippen molar-refractivity contribution in [3.63, 3.8) is 0 Å². The zero-order valence-corrected chi connectivity index (χ0v) is 12.5. The van der Waals surface area contributed by atoms with Gasteiger partial charge >= 0.3 is 0 Å². The number of carbonyl (C=O) groups excluding carboxylic acids is 1. The molecule has 0 atom stereocenters. The fraction of sp³-hybridized carbons (Fsp3) is 0.154. The molecule has 0 saturated carbocycles. The fourth-order valence-corrected chi connectivity index (χ4v) is 2.06. The number of nitro groups is 1. The lowest BCUT2D eigenvalue weighted by Crippen LogP contribution is -2.09. The first kappa shape index (κ1) is 15.7. The van der Waals surface area contributed by atoms with Gasteiger partial charge in [0.25, 0.3) is 11.6 Å². The van der Waals surface area contributed by atoms with Crippen molar-refractivity contribution in [2.24, 2.45) is 0 Å². The molecule has 0 unspecified atom stereocenters. The number of nitro benzene ring substituents is 1. The number of benzene rings is 1. The van der Waals surface area contributed by atoms with E-state index < -0.39 is 4.92 Å². The standard InChI is InChI=1S/C13H13N5O3S/c1-2-22-13-15-12(16-17-13)14-11(19)8-5-9-3-6-10(7-4-9)18(20)21/h3-8H,2H2,1H3,(H2,14,15,16,17,19)/b8-5+. The predicted octanol–water partition coefficient (Wildman–Crippen LogP) is 2.48. The van der Waals surface area contributed by atoms with E-state index >= 15 is 0 Å². The number of anilines is 1. The second kappa shape index (κ2) is 7.36. The van der Waals surface area contributed by atoms with Gasteiger partial charge in [0, 0.05) is 18.2 Å². The molecule has 0 saturated heterocycles. The largest absolute Gasteiger partial charge is 0.291 e. The van der Waals surface area contributed by atoms with E-state index in [1.807, 2.05) is 6.92 Å². The molecule has 1 amide bonds. The summed E-state index contributed by atoms with van der Waals surface area (Å²) >= 11 is 1.46. The Balaban J connectivity index is 1.94. The third kappa shape index (κ3) is 4.42. The zero-order valence-electron chi connectivity index (χ0n) is 11.6. The van der Waals surface area contributed by atoms with Crippen LogP contribution in [0.15, 0.2) is 35.5 Å². The van der Waals surface area contributed by atoms with Crippen molar-refractivity contribution in [3.8, 4) is 0 Å². The number of non-ortho nitro benzene ring substituents is 1. The third-order valence-electron chi connectivity index (χ3n) is 2.51. The van der Waals surface area contributed by atoms with Crippen LogP contribution in [0.3, 0.4) is 0 Å². The Morgan fingerprint density at radius 2 is 2.18 bits per heavy atom. The van der Waals surface area contributed by atoms with E-state index in [-0.39, 0.29) is 17.5 Å². The molecule has 0 aliphatic heterocycles. The van der Waals surface area contributed by atoms with Gasteiger partial charge in [0.15, 0.2) is 0 Å². The third-order valence-corrected chi connectivity index (χ3v) is 3.24. The number of H-pyrrole nitrogens is 1. The molecule has 1 heterocycles. The van der Waals surface area contributed by atoms with Crippen molar-refractivity contribution in [2.45, 2.75) is 12.1 Å². The molecule has 2 rings (SSSR count). The van der Waals surface area contributed by atoms with E-state index in [1.54, 1.807) is 18.2 Å². The van der Waals surface area contributed by atoms with Crippen LogP contribution in [0.5, 0.6) is 0 Å². The average molecular weight is 319 g/mol. The van der Waals surface area contributed by atoms with Crippen molar-refractivity contribution >= 4 is 35.4 Å². The highest BCUT2D eigenvalue weighted by atomic mass is 32.2. The van der Waals surface area contributed by atoms with Gasteiger partial charge in [0.2, 0.25) is 11.1 Å².